The molecule has 0 aliphatic rings. The molecular weight excluding hydrogens is 347 g/mol. The summed E-state index contributed by atoms with van der Waals surface area (Å²) in [7, 11) is 1.60. The predicted molar refractivity (Wildman–Crippen MR) is 100 cm³/mol. The van der Waals surface area contributed by atoms with Crippen LogP contribution in [0.2, 0.25) is 0 Å². The maximum atomic E-state index is 13.7. The Labute approximate surface area is 154 Å². The monoisotopic (exact) mass is 362 g/mol. The standard InChI is InChI=1S/C21H15FN2O3/c1-26-15-9-6-13(7-10-15)21-24-18-11-8-14(12-19(18)27-21)23-20(25)16-4-2-3-5-17(16)22/h2-12H,1H3,(H,23,25). The molecule has 0 aliphatic carbocycles. The van der Waals surface area contributed by atoms with Gasteiger partial charge in [-0.1, -0.05) is 12.1 Å². The predicted octanol–water partition coefficient (Wildman–Crippen LogP) is 4.89. The number of amides is 1. The molecule has 134 valence electrons. The number of anilines is 1. The molecule has 0 atom stereocenters. The molecule has 6 heteroatoms. The molecule has 27 heavy (non-hydrogen) atoms. The first-order chi connectivity index (χ1) is 13.1. The Kier molecular flexibility index (Phi) is 4.30. The molecule has 0 saturated heterocycles. The maximum absolute atomic E-state index is 13.7. The van der Waals surface area contributed by atoms with Gasteiger partial charge in [-0.05, 0) is 48.5 Å². The summed E-state index contributed by atoms with van der Waals surface area (Å²) in [5, 5.41) is 2.67. The summed E-state index contributed by atoms with van der Waals surface area (Å²) in [6, 6.07) is 18.3. The number of fused-ring (bicyclic) bond motifs is 1. The van der Waals surface area contributed by atoms with E-state index in [0.717, 1.165) is 11.3 Å². The van der Waals surface area contributed by atoms with Crippen molar-refractivity contribution in [3.8, 4) is 17.2 Å². The lowest BCUT2D eigenvalue weighted by Gasteiger charge is -2.05. The topological polar surface area (TPSA) is 64.4 Å². The number of aromatic nitrogens is 1. The van der Waals surface area contributed by atoms with Crippen molar-refractivity contribution in [2.24, 2.45) is 0 Å². The van der Waals surface area contributed by atoms with E-state index >= 15 is 0 Å². The zero-order chi connectivity index (χ0) is 18.8. The number of oxazole rings is 1. The lowest BCUT2D eigenvalue weighted by molar-refractivity contribution is 0.102. The Hall–Kier alpha value is -3.67. The number of benzene rings is 3. The third-order valence-electron chi connectivity index (χ3n) is 4.10. The fourth-order valence-electron chi connectivity index (χ4n) is 2.70. The summed E-state index contributed by atoms with van der Waals surface area (Å²) >= 11 is 0. The van der Waals surface area contributed by atoms with Crippen LogP contribution in [0.1, 0.15) is 10.4 Å². The first kappa shape index (κ1) is 16.8. The molecular formula is C21H15FN2O3. The third kappa shape index (κ3) is 3.37. The van der Waals surface area contributed by atoms with Gasteiger partial charge in [-0.25, -0.2) is 9.37 Å². The number of halogens is 1. The molecule has 4 aromatic rings. The van der Waals surface area contributed by atoms with Crippen molar-refractivity contribution >= 4 is 22.7 Å². The number of ether oxygens (including phenoxy) is 1. The average Bonchev–Trinajstić information content (AvgIpc) is 3.11. The molecule has 1 heterocycles. The second-order valence-electron chi connectivity index (χ2n) is 5.86. The van der Waals surface area contributed by atoms with E-state index in [2.05, 4.69) is 10.3 Å². The van der Waals surface area contributed by atoms with Crippen LogP contribution in [0.25, 0.3) is 22.6 Å². The number of hydrogen-bond donors (Lipinski definition) is 1. The Morgan fingerprint density at radius 2 is 1.85 bits per heavy atom. The highest BCUT2D eigenvalue weighted by Gasteiger charge is 2.13. The van der Waals surface area contributed by atoms with Crippen LogP contribution in [-0.2, 0) is 0 Å². The van der Waals surface area contributed by atoms with Gasteiger partial charge in [0.05, 0.1) is 12.7 Å². The van der Waals surface area contributed by atoms with Crippen molar-refractivity contribution in [1.82, 2.24) is 4.98 Å². The second kappa shape index (κ2) is 6.92. The van der Waals surface area contributed by atoms with E-state index in [1.54, 1.807) is 31.4 Å². The lowest BCUT2D eigenvalue weighted by atomic mass is 10.2. The van der Waals surface area contributed by atoms with Gasteiger partial charge >= 0.3 is 0 Å². The number of carbonyl (C=O) groups excluding carboxylic acids is 1. The molecule has 0 bridgehead atoms. The highest BCUT2D eigenvalue weighted by molar-refractivity contribution is 6.05. The van der Waals surface area contributed by atoms with Crippen molar-refractivity contribution in [3.63, 3.8) is 0 Å². The van der Waals surface area contributed by atoms with E-state index in [1.165, 1.54) is 18.2 Å². The molecule has 0 fully saturated rings. The largest absolute Gasteiger partial charge is 0.497 e. The number of nitrogens with one attached hydrogen (secondary N) is 1. The molecule has 1 amide bonds. The minimum atomic E-state index is -0.572. The maximum Gasteiger partial charge on any atom is 0.258 e. The Morgan fingerprint density at radius 3 is 2.59 bits per heavy atom. The van der Waals surface area contributed by atoms with Gasteiger partial charge in [0.15, 0.2) is 5.58 Å². The van der Waals surface area contributed by atoms with Crippen LogP contribution in [0.5, 0.6) is 5.75 Å². The first-order valence-electron chi connectivity index (χ1n) is 8.25. The molecule has 0 radical (unpaired) electrons. The second-order valence-corrected chi connectivity index (χ2v) is 5.86. The molecule has 1 aromatic heterocycles. The van der Waals surface area contributed by atoms with Gasteiger partial charge in [0, 0.05) is 17.3 Å². The molecule has 0 spiro atoms. The van der Waals surface area contributed by atoms with Gasteiger partial charge in [0.2, 0.25) is 5.89 Å². The van der Waals surface area contributed by atoms with Crippen LogP contribution in [0.4, 0.5) is 10.1 Å². The SMILES string of the molecule is COc1ccc(-c2nc3ccc(NC(=O)c4ccccc4F)cc3o2)cc1. The van der Waals surface area contributed by atoms with Gasteiger partial charge in [-0.3, -0.25) is 4.79 Å². The Balaban J connectivity index is 1.60. The summed E-state index contributed by atoms with van der Waals surface area (Å²) in [6.45, 7) is 0. The quantitative estimate of drug-likeness (QED) is 0.561. The summed E-state index contributed by atoms with van der Waals surface area (Å²) in [5.41, 5.74) is 2.46. The number of nitrogens with zero attached hydrogens (tertiary/aromatic N) is 1. The van der Waals surface area contributed by atoms with Crippen LogP contribution in [0, 0.1) is 5.82 Å². The van der Waals surface area contributed by atoms with Gasteiger partial charge in [-0.15, -0.1) is 0 Å². The number of methoxy groups -OCH3 is 1. The smallest absolute Gasteiger partial charge is 0.258 e. The molecule has 0 aliphatic heterocycles. The molecule has 3 aromatic carbocycles. The van der Waals surface area contributed by atoms with Crippen LogP contribution < -0.4 is 10.1 Å². The molecule has 1 N–H and O–H groups in total. The van der Waals surface area contributed by atoms with E-state index in [0.29, 0.717) is 22.7 Å². The molecule has 0 saturated carbocycles. The first-order valence-corrected chi connectivity index (χ1v) is 8.25. The van der Waals surface area contributed by atoms with Gasteiger partial charge in [-0.2, -0.15) is 0 Å². The van der Waals surface area contributed by atoms with Crippen LogP contribution >= 0.6 is 0 Å². The number of carbonyl (C=O) groups is 1. The minimum absolute atomic E-state index is 0.0194. The normalized spacial score (nSPS) is 10.7. The van der Waals surface area contributed by atoms with Crippen molar-refractivity contribution < 1.29 is 18.3 Å². The number of hydrogen-bond acceptors (Lipinski definition) is 4. The van der Waals surface area contributed by atoms with Crippen LogP contribution in [0.3, 0.4) is 0 Å². The van der Waals surface area contributed by atoms with Gasteiger partial charge in [0.1, 0.15) is 17.1 Å². The molecule has 5 nitrogen and oxygen atoms in total. The summed E-state index contributed by atoms with van der Waals surface area (Å²) in [6.07, 6.45) is 0. The van der Waals surface area contributed by atoms with Gasteiger partial charge < -0.3 is 14.5 Å². The minimum Gasteiger partial charge on any atom is -0.497 e. The molecule has 4 rings (SSSR count). The van der Waals surface area contributed by atoms with Crippen LogP contribution in [0.15, 0.2) is 71.1 Å². The lowest BCUT2D eigenvalue weighted by Crippen LogP contribution is -2.13. The average molecular weight is 362 g/mol. The zero-order valence-corrected chi connectivity index (χ0v) is 14.4. The summed E-state index contributed by atoms with van der Waals surface area (Å²) < 4.78 is 24.7. The fourth-order valence-corrected chi connectivity index (χ4v) is 2.70. The Morgan fingerprint density at radius 1 is 1.07 bits per heavy atom. The van der Waals surface area contributed by atoms with Gasteiger partial charge in [0.25, 0.3) is 5.91 Å². The van der Waals surface area contributed by atoms with E-state index in [1.807, 2.05) is 24.3 Å². The highest BCUT2D eigenvalue weighted by Crippen LogP contribution is 2.27. The van der Waals surface area contributed by atoms with Crippen molar-refractivity contribution in [2.45, 2.75) is 0 Å². The molecule has 0 unspecified atom stereocenters. The number of rotatable bonds is 4. The van der Waals surface area contributed by atoms with E-state index in [-0.39, 0.29) is 5.56 Å². The van der Waals surface area contributed by atoms with E-state index in [9.17, 15) is 9.18 Å². The zero-order valence-electron chi connectivity index (χ0n) is 14.4. The van der Waals surface area contributed by atoms with E-state index in [4.69, 9.17) is 9.15 Å². The van der Waals surface area contributed by atoms with Crippen molar-refractivity contribution in [3.05, 3.63) is 78.1 Å². The third-order valence-corrected chi connectivity index (χ3v) is 4.10. The highest BCUT2D eigenvalue weighted by atomic mass is 19.1. The fraction of sp³-hybridized carbons (Fsp3) is 0.0476. The van der Waals surface area contributed by atoms with Crippen molar-refractivity contribution in [2.75, 3.05) is 12.4 Å². The van der Waals surface area contributed by atoms with Crippen LogP contribution in [-0.4, -0.2) is 18.0 Å². The summed E-state index contributed by atoms with van der Waals surface area (Å²) in [4.78, 5) is 16.7. The van der Waals surface area contributed by atoms with E-state index < -0.39 is 11.7 Å². The Bertz CT molecular complexity index is 1120. The van der Waals surface area contributed by atoms with Crippen molar-refractivity contribution in [1.29, 1.82) is 0 Å². The summed E-state index contributed by atoms with van der Waals surface area (Å²) in [5.74, 6) is 0.109.